The number of alkyl halides is 1. The number of halogens is 1. The van der Waals surface area contributed by atoms with Crippen LogP contribution in [0.15, 0.2) is 79.9 Å². The van der Waals surface area contributed by atoms with E-state index in [2.05, 4.69) is 29.1 Å². The van der Waals surface area contributed by atoms with Gasteiger partial charge in [-0.2, -0.15) is 0 Å². The van der Waals surface area contributed by atoms with Crippen LogP contribution in [-0.2, 0) is 25.5 Å². The van der Waals surface area contributed by atoms with Crippen molar-refractivity contribution in [1.82, 2.24) is 9.80 Å². The molecule has 0 aromatic heterocycles. The van der Waals surface area contributed by atoms with Crippen LogP contribution in [-0.4, -0.2) is 93.6 Å². The largest absolute Gasteiger partial charge is 0.494 e. The summed E-state index contributed by atoms with van der Waals surface area (Å²) >= 11 is 3.82. The predicted molar refractivity (Wildman–Crippen MR) is 193 cm³/mol. The second-order valence-electron chi connectivity index (χ2n) is 13.7. The summed E-state index contributed by atoms with van der Waals surface area (Å²) in [5.41, 5.74) is 0.344. The van der Waals surface area contributed by atoms with Crippen LogP contribution >= 0.6 is 15.9 Å². The van der Waals surface area contributed by atoms with Gasteiger partial charge in [0.2, 0.25) is 17.7 Å². The first-order chi connectivity index (χ1) is 23.8. The number of rotatable bonds is 14. The normalized spacial score (nSPS) is 28.2. The minimum absolute atomic E-state index is 0.0203. The van der Waals surface area contributed by atoms with Gasteiger partial charge in [0.05, 0.1) is 37.2 Å². The highest BCUT2D eigenvalue weighted by atomic mass is 79.9. The minimum Gasteiger partial charge on any atom is -0.494 e. The lowest BCUT2D eigenvalue weighted by atomic mass is 9.70. The fourth-order valence-electron chi connectivity index (χ4n) is 8.79. The number of hydrogen-bond acceptors (Lipinski definition) is 6. The molecule has 1 spiro atoms. The van der Waals surface area contributed by atoms with Crippen LogP contribution in [0.25, 0.3) is 0 Å². The molecule has 49 heavy (non-hydrogen) atoms. The number of amides is 3. The number of fused-ring (bicyclic) bond motifs is 1. The zero-order chi connectivity index (χ0) is 34.7. The molecule has 1 N–H and O–H groups in total. The van der Waals surface area contributed by atoms with Gasteiger partial charge in [0, 0.05) is 29.6 Å². The summed E-state index contributed by atoms with van der Waals surface area (Å²) in [6.07, 6.45) is 8.50. The maximum Gasteiger partial charge on any atom is 0.248 e. The van der Waals surface area contributed by atoms with Crippen LogP contribution in [0.3, 0.4) is 0 Å². The number of hydrogen-bond donors (Lipinski definition) is 1. The van der Waals surface area contributed by atoms with Crippen LogP contribution < -0.4 is 9.64 Å². The minimum atomic E-state index is -1.25. The number of carbonyl (C=O) groups excluding carboxylic acids is 3. The average Bonchev–Trinajstić information content (AvgIpc) is 3.72. The number of ether oxygens (including phenoxy) is 2. The summed E-state index contributed by atoms with van der Waals surface area (Å²) < 4.78 is 12.5. The van der Waals surface area contributed by atoms with Crippen molar-refractivity contribution >= 4 is 39.3 Å². The van der Waals surface area contributed by atoms with E-state index >= 15 is 9.59 Å². The zero-order valence-corrected chi connectivity index (χ0v) is 29.9. The van der Waals surface area contributed by atoms with E-state index in [0.29, 0.717) is 37.4 Å². The predicted octanol–water partition coefficient (Wildman–Crippen LogP) is 5.30. The second kappa shape index (κ2) is 15.2. The van der Waals surface area contributed by atoms with Crippen molar-refractivity contribution in [3.63, 3.8) is 0 Å². The SMILES string of the molecule is C=CCN(C(=O)[C@H]1[C@@H]2OC3(CC2Br)C(C(=O)N(CC=C)C2CCCCC2)N([C@@H](CO)Cc2ccccc2)C(=O)[C@H]13)c1ccc(OCC)cc1. The Morgan fingerprint density at radius 1 is 1.06 bits per heavy atom. The Hall–Kier alpha value is -3.47. The number of likely N-dealkylation sites (tertiary alicyclic amines) is 1. The van der Waals surface area contributed by atoms with E-state index < -0.39 is 35.6 Å². The van der Waals surface area contributed by atoms with Crippen LogP contribution in [0.2, 0.25) is 0 Å². The first-order valence-electron chi connectivity index (χ1n) is 17.6. The fraction of sp³-hybridized carbons (Fsp3) is 0.513. The number of aliphatic hydroxyl groups excluding tert-OH is 1. The standard InChI is InChI=1S/C39H48BrN3O6/c1-4-21-41(28-17-19-30(20-18-28)48-6-3)36(45)32-33-37(46)43(29(25-44)23-26-13-9-7-10-14-26)35(39(33)24-31(40)34(32)49-39)38(47)42(22-5-2)27-15-11-8-12-16-27/h4-5,7,9-10,13-14,17-20,27,29,31-35,44H,1-2,6,8,11-12,15-16,21-25H2,3H3/t29-,31?,32-,33+,34-,35?,39?/m1/s1. The molecule has 7 atom stereocenters. The van der Waals surface area contributed by atoms with Crippen molar-refractivity contribution in [1.29, 1.82) is 0 Å². The Labute approximate surface area is 298 Å². The summed E-state index contributed by atoms with van der Waals surface area (Å²) in [4.78, 5) is 49.7. The lowest BCUT2D eigenvalue weighted by molar-refractivity contribution is -0.153. The lowest BCUT2D eigenvalue weighted by Gasteiger charge is -2.42. The van der Waals surface area contributed by atoms with Crippen LogP contribution in [0.1, 0.15) is 51.0 Å². The molecule has 262 valence electrons. The Morgan fingerprint density at radius 3 is 2.39 bits per heavy atom. The molecule has 6 rings (SSSR count). The van der Waals surface area contributed by atoms with Crippen LogP contribution in [0, 0.1) is 11.8 Å². The summed E-state index contributed by atoms with van der Waals surface area (Å²) in [5, 5.41) is 10.9. The van der Waals surface area contributed by atoms with Crippen LogP contribution in [0.5, 0.6) is 5.75 Å². The molecule has 4 aliphatic rings. The molecule has 1 aliphatic carbocycles. The molecular weight excluding hydrogens is 686 g/mol. The van der Waals surface area contributed by atoms with E-state index in [-0.39, 0.29) is 41.7 Å². The molecule has 1 saturated carbocycles. The molecule has 0 radical (unpaired) electrons. The molecule has 3 saturated heterocycles. The highest BCUT2D eigenvalue weighted by Crippen LogP contribution is 2.61. The quantitative estimate of drug-likeness (QED) is 0.209. The molecule has 10 heteroatoms. The number of anilines is 1. The first-order valence-corrected chi connectivity index (χ1v) is 18.6. The van der Waals surface area contributed by atoms with Gasteiger partial charge in [-0.15, -0.1) is 13.2 Å². The number of nitrogens with zero attached hydrogens (tertiary/aromatic N) is 3. The van der Waals surface area contributed by atoms with Gasteiger partial charge in [-0.25, -0.2) is 0 Å². The number of benzene rings is 2. The fourth-order valence-corrected chi connectivity index (χ4v) is 9.73. The second-order valence-corrected chi connectivity index (χ2v) is 14.8. The van der Waals surface area contributed by atoms with E-state index in [1.807, 2.05) is 66.4 Å². The third-order valence-electron chi connectivity index (χ3n) is 10.8. The highest BCUT2D eigenvalue weighted by Gasteiger charge is 2.77. The zero-order valence-electron chi connectivity index (χ0n) is 28.3. The van der Waals surface area contributed by atoms with Gasteiger partial charge in [0.15, 0.2) is 0 Å². The smallest absolute Gasteiger partial charge is 0.248 e. The molecule has 4 fully saturated rings. The molecular formula is C39H48BrN3O6. The van der Waals surface area contributed by atoms with Crippen molar-refractivity contribution < 1.29 is 29.0 Å². The van der Waals surface area contributed by atoms with Crippen molar-refractivity contribution in [2.24, 2.45) is 11.8 Å². The molecule has 3 heterocycles. The van der Waals surface area contributed by atoms with Gasteiger partial charge >= 0.3 is 0 Å². The summed E-state index contributed by atoms with van der Waals surface area (Å²) in [7, 11) is 0. The van der Waals surface area contributed by atoms with Gasteiger partial charge in [0.25, 0.3) is 0 Å². The van der Waals surface area contributed by atoms with Crippen molar-refractivity contribution in [3.8, 4) is 5.75 Å². The van der Waals surface area contributed by atoms with Crippen molar-refractivity contribution in [3.05, 3.63) is 85.5 Å². The summed E-state index contributed by atoms with van der Waals surface area (Å²) in [6.45, 7) is 10.5. The molecule has 2 aromatic rings. The molecule has 3 amide bonds. The topological polar surface area (TPSA) is 99.6 Å². The van der Waals surface area contributed by atoms with E-state index in [9.17, 15) is 9.90 Å². The molecule has 3 unspecified atom stereocenters. The van der Waals surface area contributed by atoms with Gasteiger partial charge in [0.1, 0.15) is 17.4 Å². The Kier molecular flexibility index (Phi) is 11.0. The lowest BCUT2D eigenvalue weighted by Crippen LogP contribution is -2.61. The maximum atomic E-state index is 15.1. The van der Waals surface area contributed by atoms with E-state index in [4.69, 9.17) is 9.47 Å². The molecule has 9 nitrogen and oxygen atoms in total. The third kappa shape index (κ3) is 6.48. The molecule has 2 aromatic carbocycles. The number of carbonyl (C=O) groups is 3. The van der Waals surface area contributed by atoms with Crippen molar-refractivity contribution in [2.75, 3.05) is 31.2 Å². The summed E-state index contributed by atoms with van der Waals surface area (Å²) in [6, 6.07) is 15.3. The monoisotopic (exact) mass is 733 g/mol. The average molecular weight is 735 g/mol. The Balaban J connectivity index is 1.42. The van der Waals surface area contributed by atoms with Gasteiger partial charge < -0.3 is 29.3 Å². The van der Waals surface area contributed by atoms with Crippen LogP contribution in [0.4, 0.5) is 5.69 Å². The van der Waals surface area contributed by atoms with E-state index in [1.54, 1.807) is 22.0 Å². The van der Waals surface area contributed by atoms with Crippen molar-refractivity contribution in [2.45, 2.75) is 86.5 Å². The van der Waals surface area contributed by atoms with Gasteiger partial charge in [-0.05, 0) is 62.4 Å². The third-order valence-corrected chi connectivity index (χ3v) is 11.7. The first kappa shape index (κ1) is 35.4. The highest BCUT2D eigenvalue weighted by molar-refractivity contribution is 9.09. The van der Waals surface area contributed by atoms with E-state index in [1.165, 1.54) is 0 Å². The van der Waals surface area contributed by atoms with E-state index in [0.717, 1.165) is 37.7 Å². The Morgan fingerprint density at radius 2 is 1.76 bits per heavy atom. The van der Waals surface area contributed by atoms with Gasteiger partial charge in [-0.1, -0.05) is 77.7 Å². The summed E-state index contributed by atoms with van der Waals surface area (Å²) in [5.74, 6) is -1.83. The van der Waals surface area contributed by atoms with Gasteiger partial charge in [-0.3, -0.25) is 14.4 Å². The Bertz CT molecular complexity index is 1510. The molecule has 2 bridgehead atoms. The molecule has 3 aliphatic heterocycles. The maximum absolute atomic E-state index is 15.1. The number of aliphatic hydroxyl groups is 1.